The Hall–Kier alpha value is -2.78. The van der Waals surface area contributed by atoms with Gasteiger partial charge in [-0.3, -0.25) is 19.3 Å². The fourth-order valence-electron chi connectivity index (χ4n) is 10.2. The van der Waals surface area contributed by atoms with Crippen LogP contribution in [0.15, 0.2) is 48.5 Å². The van der Waals surface area contributed by atoms with Gasteiger partial charge in [0.1, 0.15) is 0 Å². The molecular formula is C44H68N2O6. The zero-order valence-electron chi connectivity index (χ0n) is 33.9. The fraction of sp³-hybridized carbons (Fsp3) is 0.682. The van der Waals surface area contributed by atoms with Crippen LogP contribution in [0.4, 0.5) is 0 Å². The van der Waals surface area contributed by atoms with E-state index in [2.05, 4.69) is 104 Å². The molecule has 2 saturated heterocycles. The molecule has 0 aromatic heterocycles. The van der Waals surface area contributed by atoms with E-state index < -0.39 is 39.5 Å². The topological polar surface area (TPSA) is 99.5 Å². The SMILES string of the molecule is Cc1ccccc1CON1C(C)(C)CC(C(CCCCCCCC(=O)O)(C(=O)O)C2CC(C)(C)N(OCc3ccccc3C)C(C)(C)C2)CC1(C)C. The summed E-state index contributed by atoms with van der Waals surface area (Å²) >= 11 is 0. The van der Waals surface area contributed by atoms with E-state index in [1.165, 1.54) is 11.1 Å². The molecule has 2 aliphatic heterocycles. The van der Waals surface area contributed by atoms with Gasteiger partial charge in [-0.2, -0.15) is 10.1 Å². The minimum atomic E-state index is -0.950. The predicted octanol–water partition coefficient (Wildman–Crippen LogP) is 10.3. The summed E-state index contributed by atoms with van der Waals surface area (Å²) in [6, 6.07) is 16.6. The Morgan fingerprint density at radius 3 is 1.37 bits per heavy atom. The van der Waals surface area contributed by atoms with E-state index in [0.717, 1.165) is 36.8 Å². The Labute approximate surface area is 314 Å². The van der Waals surface area contributed by atoms with Crippen LogP contribution >= 0.6 is 0 Å². The normalized spacial score (nSPS) is 20.9. The van der Waals surface area contributed by atoms with Gasteiger partial charge in [0, 0.05) is 28.6 Å². The molecule has 0 spiro atoms. The molecule has 2 aliphatic rings. The van der Waals surface area contributed by atoms with Crippen molar-refractivity contribution < 1.29 is 29.5 Å². The second-order valence-corrected chi connectivity index (χ2v) is 18.5. The van der Waals surface area contributed by atoms with Crippen LogP contribution in [0.1, 0.15) is 148 Å². The molecule has 0 saturated carbocycles. The summed E-state index contributed by atoms with van der Waals surface area (Å²) in [5.41, 5.74) is 2.11. The van der Waals surface area contributed by atoms with Crippen molar-refractivity contribution in [1.29, 1.82) is 0 Å². The van der Waals surface area contributed by atoms with Crippen molar-refractivity contribution in [1.82, 2.24) is 10.1 Å². The smallest absolute Gasteiger partial charge is 0.310 e. The van der Waals surface area contributed by atoms with Crippen LogP contribution in [0, 0.1) is 31.1 Å². The van der Waals surface area contributed by atoms with Gasteiger partial charge in [-0.1, -0.05) is 74.2 Å². The molecule has 2 fully saturated rings. The molecule has 0 aliphatic carbocycles. The number of benzene rings is 2. The highest BCUT2D eigenvalue weighted by molar-refractivity contribution is 5.76. The Morgan fingerprint density at radius 2 is 1.00 bits per heavy atom. The van der Waals surface area contributed by atoms with Crippen LogP contribution in [0.3, 0.4) is 0 Å². The highest BCUT2D eigenvalue weighted by atomic mass is 16.7. The van der Waals surface area contributed by atoms with E-state index >= 15 is 0 Å². The third-order valence-electron chi connectivity index (χ3n) is 12.2. The van der Waals surface area contributed by atoms with Crippen molar-refractivity contribution in [3.8, 4) is 0 Å². The Balaban J connectivity index is 1.64. The summed E-state index contributed by atoms with van der Waals surface area (Å²) in [5.74, 6) is -1.59. The highest BCUT2D eigenvalue weighted by Crippen LogP contribution is 2.58. The van der Waals surface area contributed by atoms with Gasteiger partial charge < -0.3 is 10.2 Å². The molecule has 0 bridgehead atoms. The molecule has 8 nitrogen and oxygen atoms in total. The first-order valence-corrected chi connectivity index (χ1v) is 19.6. The van der Waals surface area contributed by atoms with Crippen LogP contribution in [0.25, 0.3) is 0 Å². The van der Waals surface area contributed by atoms with Gasteiger partial charge in [0.25, 0.3) is 0 Å². The third kappa shape index (κ3) is 9.65. The maximum Gasteiger partial charge on any atom is 0.310 e. The Kier molecular flexibility index (Phi) is 13.5. The lowest BCUT2D eigenvalue weighted by Gasteiger charge is -2.61. The molecule has 52 heavy (non-hydrogen) atoms. The lowest BCUT2D eigenvalue weighted by molar-refractivity contribution is -0.312. The first-order chi connectivity index (χ1) is 24.2. The van der Waals surface area contributed by atoms with Crippen LogP contribution < -0.4 is 0 Å². The molecule has 290 valence electrons. The monoisotopic (exact) mass is 721 g/mol. The summed E-state index contributed by atoms with van der Waals surface area (Å²) in [5, 5.41) is 25.1. The minimum Gasteiger partial charge on any atom is -0.481 e. The number of hydroxylamine groups is 4. The maximum atomic E-state index is 14.2. The van der Waals surface area contributed by atoms with Crippen LogP contribution in [0.5, 0.6) is 0 Å². The van der Waals surface area contributed by atoms with Gasteiger partial charge in [0.05, 0.1) is 18.6 Å². The number of piperidine rings is 2. The number of carbonyl (C=O) groups is 2. The zero-order valence-corrected chi connectivity index (χ0v) is 33.9. The number of carboxylic acids is 2. The van der Waals surface area contributed by atoms with E-state index in [1.54, 1.807) is 0 Å². The van der Waals surface area contributed by atoms with Crippen molar-refractivity contribution in [2.45, 2.75) is 175 Å². The third-order valence-corrected chi connectivity index (χ3v) is 12.2. The first-order valence-electron chi connectivity index (χ1n) is 19.6. The lowest BCUT2D eigenvalue weighted by Crippen LogP contribution is -2.66. The quantitative estimate of drug-likeness (QED) is 0.156. The van der Waals surface area contributed by atoms with Crippen molar-refractivity contribution >= 4 is 11.9 Å². The highest BCUT2D eigenvalue weighted by Gasteiger charge is 2.61. The average molecular weight is 721 g/mol. The number of aryl methyl sites for hydroxylation is 2. The van der Waals surface area contributed by atoms with E-state index in [-0.39, 0.29) is 18.3 Å². The van der Waals surface area contributed by atoms with Crippen molar-refractivity contribution in [3.05, 3.63) is 70.8 Å². The average Bonchev–Trinajstić information content (AvgIpc) is 3.01. The number of aliphatic carboxylic acids is 2. The largest absolute Gasteiger partial charge is 0.481 e. The molecular weight excluding hydrogens is 652 g/mol. The van der Waals surface area contributed by atoms with Gasteiger partial charge >= 0.3 is 11.9 Å². The van der Waals surface area contributed by atoms with Gasteiger partial charge in [-0.05, 0) is 142 Å². The molecule has 0 radical (unpaired) electrons. The second-order valence-electron chi connectivity index (χ2n) is 18.5. The Bertz CT molecular complexity index is 1390. The van der Waals surface area contributed by atoms with E-state index in [0.29, 0.717) is 51.7 Å². The molecule has 2 N–H and O–H groups in total. The van der Waals surface area contributed by atoms with Crippen LogP contribution in [-0.2, 0) is 32.5 Å². The summed E-state index contributed by atoms with van der Waals surface area (Å²) in [4.78, 5) is 38.6. The van der Waals surface area contributed by atoms with Crippen molar-refractivity contribution in [2.24, 2.45) is 17.3 Å². The number of hydrogen-bond acceptors (Lipinski definition) is 6. The molecule has 0 unspecified atom stereocenters. The number of unbranched alkanes of at least 4 members (excludes halogenated alkanes) is 4. The van der Waals surface area contributed by atoms with Gasteiger partial charge in [0.2, 0.25) is 0 Å². The minimum absolute atomic E-state index is 0.0728. The zero-order chi connectivity index (χ0) is 38.5. The number of nitrogens with zero attached hydrogens (tertiary/aromatic N) is 2. The standard InChI is InChI=1S/C44H68N2O6/c1-32-20-15-17-22-34(32)30-51-45-40(3,4)26-36(27-41(45,5)6)44(39(49)50,25-19-13-11-12-14-24-38(47)48)37-28-42(7,8)46(43(9,10)29-37)52-31-35-23-18-16-21-33(35)2/h15-18,20-23,36-37H,11-14,19,24-31H2,1-10H3,(H,47,48)(H,49,50). The Morgan fingerprint density at radius 1 is 0.635 bits per heavy atom. The van der Waals surface area contributed by atoms with E-state index in [1.807, 2.05) is 24.3 Å². The maximum absolute atomic E-state index is 14.2. The summed E-state index contributed by atoms with van der Waals surface area (Å²) in [6.07, 6.45) is 7.73. The first kappa shape index (κ1) is 42.0. The lowest BCUT2D eigenvalue weighted by atomic mass is 9.52. The fourth-order valence-corrected chi connectivity index (χ4v) is 10.2. The van der Waals surface area contributed by atoms with E-state index in [9.17, 15) is 14.7 Å². The molecule has 0 amide bonds. The van der Waals surface area contributed by atoms with Crippen LogP contribution in [-0.4, -0.2) is 54.4 Å². The van der Waals surface area contributed by atoms with Crippen molar-refractivity contribution in [2.75, 3.05) is 0 Å². The van der Waals surface area contributed by atoms with E-state index in [4.69, 9.17) is 14.8 Å². The number of hydrogen-bond donors (Lipinski definition) is 2. The number of rotatable bonds is 17. The molecule has 2 aromatic carbocycles. The molecule has 2 heterocycles. The number of carboxylic acid groups (broad SMARTS) is 2. The summed E-state index contributed by atoms with van der Waals surface area (Å²) < 4.78 is 0. The van der Waals surface area contributed by atoms with Crippen molar-refractivity contribution in [3.63, 3.8) is 0 Å². The predicted molar refractivity (Wildman–Crippen MR) is 207 cm³/mol. The van der Waals surface area contributed by atoms with Gasteiger partial charge in [0.15, 0.2) is 0 Å². The molecule has 0 atom stereocenters. The second kappa shape index (κ2) is 16.7. The van der Waals surface area contributed by atoms with Gasteiger partial charge in [-0.15, -0.1) is 0 Å². The molecule has 8 heteroatoms. The van der Waals surface area contributed by atoms with Crippen LogP contribution in [0.2, 0.25) is 0 Å². The van der Waals surface area contributed by atoms with Gasteiger partial charge in [-0.25, -0.2) is 0 Å². The molecule has 2 aromatic rings. The summed E-state index contributed by atoms with van der Waals surface area (Å²) in [7, 11) is 0. The molecule has 4 rings (SSSR count). The summed E-state index contributed by atoms with van der Waals surface area (Å²) in [6.45, 7) is 22.9.